The zero-order valence-electron chi connectivity index (χ0n) is 8.42. The highest BCUT2D eigenvalue weighted by atomic mass is 35.5. The van der Waals surface area contributed by atoms with Gasteiger partial charge in [0.25, 0.3) is 0 Å². The lowest BCUT2D eigenvalue weighted by molar-refractivity contribution is 0.628. The minimum absolute atomic E-state index is 0.0520. The molecule has 1 aromatic carbocycles. The Hall–Kier alpha value is -1.63. The summed E-state index contributed by atoms with van der Waals surface area (Å²) in [6, 6.07) is 7.72. The van der Waals surface area contributed by atoms with E-state index in [1.165, 1.54) is 24.4 Å². The molecule has 0 atom stereocenters. The molecule has 2 aromatic rings. The molecule has 0 fully saturated rings. The molecule has 1 aromatic heterocycles. The van der Waals surface area contributed by atoms with Crippen LogP contribution in [0, 0.1) is 17.1 Å². The molecule has 0 aliphatic heterocycles. The predicted molar refractivity (Wildman–Crippen MR) is 64.4 cm³/mol. The van der Waals surface area contributed by atoms with Crippen LogP contribution in [0.5, 0.6) is 0 Å². The van der Waals surface area contributed by atoms with Gasteiger partial charge in [0.1, 0.15) is 17.0 Å². The van der Waals surface area contributed by atoms with Gasteiger partial charge in [0.15, 0.2) is 0 Å². The normalized spacial score (nSPS) is 10.0. The average Bonchev–Trinajstić information content (AvgIpc) is 2.31. The molecule has 0 unspecified atom stereocenters. The lowest BCUT2D eigenvalue weighted by Gasteiger charge is -2.07. The van der Waals surface area contributed by atoms with E-state index in [0.29, 0.717) is 11.1 Å². The molecular formula is C12H5Cl2FN2. The van der Waals surface area contributed by atoms with E-state index in [0.717, 1.165) is 0 Å². The van der Waals surface area contributed by atoms with Crippen LogP contribution in [0.4, 0.5) is 4.39 Å². The second-order valence-electron chi connectivity index (χ2n) is 3.27. The first-order valence-corrected chi connectivity index (χ1v) is 5.39. The van der Waals surface area contributed by atoms with Crippen molar-refractivity contribution >= 4 is 23.2 Å². The number of nitriles is 1. The van der Waals surface area contributed by atoms with E-state index in [9.17, 15) is 4.39 Å². The lowest BCUT2D eigenvalue weighted by atomic mass is 10.0. The number of rotatable bonds is 1. The average molecular weight is 267 g/mol. The number of benzene rings is 1. The summed E-state index contributed by atoms with van der Waals surface area (Å²) in [5.74, 6) is -0.407. The highest BCUT2D eigenvalue weighted by molar-refractivity contribution is 6.35. The van der Waals surface area contributed by atoms with Crippen LogP contribution in [0.25, 0.3) is 11.1 Å². The molecule has 2 rings (SSSR count). The summed E-state index contributed by atoms with van der Waals surface area (Å²) in [6.45, 7) is 0. The largest absolute Gasteiger partial charge is 0.242 e. The number of hydrogen-bond donors (Lipinski definition) is 0. The zero-order chi connectivity index (χ0) is 12.4. The molecular weight excluding hydrogens is 262 g/mol. The summed E-state index contributed by atoms with van der Waals surface area (Å²) in [4.78, 5) is 3.78. The Morgan fingerprint density at radius 2 is 2.06 bits per heavy atom. The number of nitrogens with zero attached hydrogens (tertiary/aromatic N) is 2. The van der Waals surface area contributed by atoms with Gasteiger partial charge in [-0.25, -0.2) is 9.37 Å². The van der Waals surface area contributed by atoms with Crippen LogP contribution in [0.15, 0.2) is 30.5 Å². The molecule has 0 spiro atoms. The predicted octanol–water partition coefficient (Wildman–Crippen LogP) is 4.07. The van der Waals surface area contributed by atoms with Crippen molar-refractivity contribution in [2.24, 2.45) is 0 Å². The van der Waals surface area contributed by atoms with E-state index in [2.05, 4.69) is 4.98 Å². The number of pyridine rings is 1. The molecule has 0 N–H and O–H groups in total. The number of aromatic nitrogens is 1. The van der Waals surface area contributed by atoms with Gasteiger partial charge >= 0.3 is 0 Å². The third-order valence-electron chi connectivity index (χ3n) is 2.21. The maximum atomic E-state index is 13.1. The highest BCUT2D eigenvalue weighted by Crippen LogP contribution is 2.33. The van der Waals surface area contributed by atoms with Crippen molar-refractivity contribution in [1.29, 1.82) is 5.26 Å². The van der Waals surface area contributed by atoms with Crippen LogP contribution in [-0.2, 0) is 0 Å². The minimum Gasteiger partial charge on any atom is -0.242 e. The Kier molecular flexibility index (Phi) is 3.28. The lowest BCUT2D eigenvalue weighted by Crippen LogP contribution is -1.91. The summed E-state index contributed by atoms with van der Waals surface area (Å²) >= 11 is 11.8. The van der Waals surface area contributed by atoms with Gasteiger partial charge in [-0.1, -0.05) is 35.3 Å². The fourth-order valence-electron chi connectivity index (χ4n) is 1.49. The van der Waals surface area contributed by atoms with Crippen molar-refractivity contribution < 1.29 is 4.39 Å². The summed E-state index contributed by atoms with van der Waals surface area (Å²) in [5, 5.41) is 9.34. The molecule has 0 saturated carbocycles. The van der Waals surface area contributed by atoms with Crippen molar-refractivity contribution in [2.45, 2.75) is 0 Å². The molecule has 2 nitrogen and oxygen atoms in total. The Bertz CT molecular complexity index is 620. The van der Waals surface area contributed by atoms with E-state index in [4.69, 9.17) is 28.5 Å². The second kappa shape index (κ2) is 4.70. The molecule has 0 aliphatic rings. The molecule has 17 heavy (non-hydrogen) atoms. The second-order valence-corrected chi connectivity index (χ2v) is 4.03. The molecule has 84 valence electrons. The standard InChI is InChI=1S/C12H5Cl2FN2/c13-10-6-17-12(14)9(5-16)11(10)7-2-1-3-8(15)4-7/h1-4,6H. The van der Waals surface area contributed by atoms with Crippen LogP contribution in [0.1, 0.15) is 5.56 Å². The Morgan fingerprint density at radius 3 is 2.71 bits per heavy atom. The SMILES string of the molecule is N#Cc1c(Cl)ncc(Cl)c1-c1cccc(F)c1. The van der Waals surface area contributed by atoms with Crippen molar-refractivity contribution in [3.8, 4) is 17.2 Å². The zero-order valence-corrected chi connectivity index (χ0v) is 9.93. The van der Waals surface area contributed by atoms with Crippen molar-refractivity contribution in [2.75, 3.05) is 0 Å². The summed E-state index contributed by atoms with van der Waals surface area (Å²) in [7, 11) is 0. The van der Waals surface area contributed by atoms with Crippen molar-refractivity contribution in [3.63, 3.8) is 0 Å². The fourth-order valence-corrected chi connectivity index (χ4v) is 1.93. The van der Waals surface area contributed by atoms with E-state index in [-0.39, 0.29) is 15.7 Å². The van der Waals surface area contributed by atoms with E-state index in [1.54, 1.807) is 6.07 Å². The maximum absolute atomic E-state index is 13.1. The van der Waals surface area contributed by atoms with Gasteiger partial charge in [0, 0.05) is 11.8 Å². The Balaban J connectivity index is 2.75. The van der Waals surface area contributed by atoms with Gasteiger partial charge in [-0.3, -0.25) is 0 Å². The van der Waals surface area contributed by atoms with Gasteiger partial charge < -0.3 is 0 Å². The Labute approximate surface area is 107 Å². The van der Waals surface area contributed by atoms with Gasteiger partial charge in [-0.05, 0) is 17.7 Å². The first-order valence-electron chi connectivity index (χ1n) is 4.63. The summed E-state index contributed by atoms with van der Waals surface area (Å²) in [6.07, 6.45) is 1.34. The minimum atomic E-state index is -0.407. The van der Waals surface area contributed by atoms with Gasteiger partial charge in [-0.2, -0.15) is 5.26 Å². The number of halogens is 3. The highest BCUT2D eigenvalue weighted by Gasteiger charge is 2.14. The van der Waals surface area contributed by atoms with Crippen LogP contribution in [-0.4, -0.2) is 4.98 Å². The van der Waals surface area contributed by atoms with Crippen LogP contribution < -0.4 is 0 Å². The topological polar surface area (TPSA) is 36.7 Å². The third-order valence-corrected chi connectivity index (χ3v) is 2.78. The molecule has 1 heterocycles. The van der Waals surface area contributed by atoms with E-state index in [1.807, 2.05) is 6.07 Å². The molecule has 5 heteroatoms. The Morgan fingerprint density at radius 1 is 1.29 bits per heavy atom. The molecule has 0 bridgehead atoms. The van der Waals surface area contributed by atoms with Gasteiger partial charge in [0.05, 0.1) is 10.6 Å². The molecule has 0 aliphatic carbocycles. The van der Waals surface area contributed by atoms with Crippen molar-refractivity contribution in [3.05, 3.63) is 52.0 Å². The fraction of sp³-hybridized carbons (Fsp3) is 0. The molecule has 0 radical (unpaired) electrons. The van der Waals surface area contributed by atoms with E-state index >= 15 is 0 Å². The van der Waals surface area contributed by atoms with E-state index < -0.39 is 5.82 Å². The maximum Gasteiger partial charge on any atom is 0.147 e. The van der Waals surface area contributed by atoms with Gasteiger partial charge in [-0.15, -0.1) is 0 Å². The first-order chi connectivity index (χ1) is 8.13. The van der Waals surface area contributed by atoms with Crippen LogP contribution in [0.3, 0.4) is 0 Å². The molecule has 0 amide bonds. The van der Waals surface area contributed by atoms with Crippen molar-refractivity contribution in [1.82, 2.24) is 4.98 Å². The quantitative estimate of drug-likeness (QED) is 0.730. The van der Waals surface area contributed by atoms with Gasteiger partial charge in [0.2, 0.25) is 0 Å². The smallest absolute Gasteiger partial charge is 0.147 e. The first kappa shape index (κ1) is 11.8. The van der Waals surface area contributed by atoms with Crippen LogP contribution in [0.2, 0.25) is 10.2 Å². The monoisotopic (exact) mass is 266 g/mol. The molecule has 0 saturated heterocycles. The summed E-state index contributed by atoms with van der Waals surface area (Å²) < 4.78 is 13.1. The third kappa shape index (κ3) is 2.23. The number of hydrogen-bond acceptors (Lipinski definition) is 2. The van der Waals surface area contributed by atoms with Crippen LogP contribution >= 0.6 is 23.2 Å². The summed E-state index contributed by atoms with van der Waals surface area (Å²) in [5.41, 5.74) is 1.04.